The first kappa shape index (κ1) is 38.0. The molecule has 6 nitrogen and oxygen atoms in total. The second-order valence-corrected chi connectivity index (χ2v) is 28.0. The second-order valence-electron chi connectivity index (χ2n) is 18.5. The number of carbonyl (C=O) groups is 2. The fourth-order valence-corrected chi connectivity index (χ4v) is 10.5. The molecule has 0 N–H and O–H groups in total. The lowest BCUT2D eigenvalue weighted by Gasteiger charge is -2.52. The summed E-state index contributed by atoms with van der Waals surface area (Å²) in [6.45, 7) is 23.2. The first-order chi connectivity index (χ1) is 25.3. The van der Waals surface area contributed by atoms with Crippen molar-refractivity contribution in [3.8, 4) is 0 Å². The molecule has 0 saturated heterocycles. The van der Waals surface area contributed by atoms with Gasteiger partial charge in [0.25, 0.3) is 0 Å². The summed E-state index contributed by atoms with van der Waals surface area (Å²) in [6.07, 6.45) is 1.81. The van der Waals surface area contributed by atoms with Gasteiger partial charge in [-0.2, -0.15) is 0 Å². The number of hydrogen-bond acceptors (Lipinski definition) is 4. The Morgan fingerprint density at radius 2 is 1.06 bits per heavy atom. The summed E-state index contributed by atoms with van der Waals surface area (Å²) in [4.78, 5) is 35.9. The van der Waals surface area contributed by atoms with Gasteiger partial charge in [-0.05, 0) is 83.1 Å². The molecule has 2 aliphatic heterocycles. The maximum absolute atomic E-state index is 16.0. The minimum Gasteiger partial charge on any atom is -0.545 e. The molecule has 282 valence electrons. The van der Waals surface area contributed by atoms with E-state index in [9.17, 15) is 0 Å². The van der Waals surface area contributed by atoms with E-state index in [0.717, 1.165) is 33.6 Å². The number of nitrogens with zero attached hydrogens (tertiary/aromatic N) is 2. The van der Waals surface area contributed by atoms with Crippen molar-refractivity contribution in [2.24, 2.45) is 0 Å². The molecule has 0 saturated carbocycles. The van der Waals surface area contributed by atoms with Gasteiger partial charge in [-0.15, -0.1) is 0 Å². The molecule has 0 radical (unpaired) electrons. The van der Waals surface area contributed by atoms with Crippen LogP contribution in [0.2, 0.25) is 36.3 Å². The smallest absolute Gasteiger partial charge is 0.250 e. The lowest BCUT2D eigenvalue weighted by atomic mass is 9.53. The zero-order valence-corrected chi connectivity index (χ0v) is 35.7. The van der Waals surface area contributed by atoms with Crippen molar-refractivity contribution in [1.29, 1.82) is 0 Å². The average molecular weight is 757 g/mol. The Bertz CT molecular complexity index is 2100. The van der Waals surface area contributed by atoms with Crippen molar-refractivity contribution in [3.05, 3.63) is 143 Å². The van der Waals surface area contributed by atoms with Crippen LogP contribution in [0.3, 0.4) is 0 Å². The quantitative estimate of drug-likeness (QED) is 0.168. The monoisotopic (exact) mass is 756 g/mol. The summed E-state index contributed by atoms with van der Waals surface area (Å²) >= 11 is 0. The Morgan fingerprint density at radius 1 is 0.611 bits per heavy atom. The lowest BCUT2D eigenvalue weighted by molar-refractivity contribution is -0.135. The molecular formula is C46H56N2O4Si2. The van der Waals surface area contributed by atoms with Crippen LogP contribution >= 0.6 is 0 Å². The molecule has 1 unspecified atom stereocenters. The van der Waals surface area contributed by atoms with Crippen molar-refractivity contribution in [2.45, 2.75) is 114 Å². The first-order valence-corrected chi connectivity index (χ1v) is 25.2. The molecule has 0 aromatic heterocycles. The van der Waals surface area contributed by atoms with Crippen LogP contribution in [0, 0.1) is 0 Å². The number of anilines is 2. The Kier molecular flexibility index (Phi) is 9.30. The van der Waals surface area contributed by atoms with Gasteiger partial charge in [0.1, 0.15) is 22.7 Å². The average Bonchev–Trinajstić information content (AvgIpc) is 3.48. The number of para-hydroxylation sites is 2. The molecule has 3 atom stereocenters. The molecule has 2 amide bonds. The van der Waals surface area contributed by atoms with Crippen molar-refractivity contribution in [1.82, 2.24) is 0 Å². The van der Waals surface area contributed by atoms with Gasteiger partial charge in [-0.3, -0.25) is 9.59 Å². The molecule has 0 bridgehead atoms. The van der Waals surface area contributed by atoms with Crippen molar-refractivity contribution in [3.63, 3.8) is 0 Å². The van der Waals surface area contributed by atoms with Gasteiger partial charge in [0, 0.05) is 11.4 Å². The third-order valence-corrected chi connectivity index (χ3v) is 21.9. The highest BCUT2D eigenvalue weighted by molar-refractivity contribution is 6.75. The molecule has 2 spiro atoms. The SMILES string of the molecule is CC(C)(C)[Si](C)(C)OC1=C[C@@]2(C(=O)N(Cc3ccccc3)c3ccccc32)[C@]2(CC1O[Si](C)(C)C(C)(C)C)C(=O)N(Cc1ccccc1)c1ccccc12. The van der Waals surface area contributed by atoms with Crippen LogP contribution < -0.4 is 9.80 Å². The predicted molar refractivity (Wildman–Crippen MR) is 225 cm³/mol. The van der Waals surface area contributed by atoms with Gasteiger partial charge in [0.2, 0.25) is 20.1 Å². The van der Waals surface area contributed by atoms with Gasteiger partial charge in [0.15, 0.2) is 8.32 Å². The normalized spacial score (nSPS) is 22.9. The Labute approximate surface area is 324 Å². The molecule has 3 aliphatic rings. The number of benzene rings is 4. The van der Waals surface area contributed by atoms with Crippen LogP contribution in [-0.2, 0) is 42.4 Å². The Morgan fingerprint density at radius 3 is 1.57 bits per heavy atom. The Balaban J connectivity index is 1.54. The van der Waals surface area contributed by atoms with Gasteiger partial charge in [-0.25, -0.2) is 0 Å². The maximum atomic E-state index is 16.0. The van der Waals surface area contributed by atoms with Crippen molar-refractivity contribution < 1.29 is 18.4 Å². The molecule has 4 aromatic carbocycles. The summed E-state index contributed by atoms with van der Waals surface area (Å²) in [5.74, 6) is 0.497. The van der Waals surface area contributed by atoms with Crippen LogP contribution in [0.1, 0.15) is 70.2 Å². The third-order valence-electron chi connectivity index (χ3n) is 13.1. The summed E-state index contributed by atoms with van der Waals surface area (Å²) in [6, 6.07) is 36.5. The van der Waals surface area contributed by atoms with E-state index < -0.39 is 33.6 Å². The molecule has 7 rings (SSSR count). The van der Waals surface area contributed by atoms with E-state index in [1.807, 2.05) is 82.6 Å². The summed E-state index contributed by atoms with van der Waals surface area (Å²) in [5.41, 5.74) is 2.69. The number of hydrogen-bond donors (Lipinski definition) is 0. The number of amides is 2. The zero-order valence-electron chi connectivity index (χ0n) is 33.7. The highest BCUT2D eigenvalue weighted by atomic mass is 28.4. The molecule has 2 heterocycles. The first-order valence-electron chi connectivity index (χ1n) is 19.3. The second kappa shape index (κ2) is 13.2. The van der Waals surface area contributed by atoms with E-state index in [2.05, 4.69) is 110 Å². The Hall–Kier alpha value is -4.25. The van der Waals surface area contributed by atoms with Crippen molar-refractivity contribution in [2.75, 3.05) is 9.80 Å². The van der Waals surface area contributed by atoms with E-state index >= 15 is 9.59 Å². The fraction of sp³-hybridized carbons (Fsp3) is 0.391. The number of rotatable bonds is 8. The lowest BCUT2D eigenvalue weighted by Crippen LogP contribution is -2.63. The van der Waals surface area contributed by atoms with Gasteiger partial charge in [-0.1, -0.05) is 139 Å². The summed E-state index contributed by atoms with van der Waals surface area (Å²) in [7, 11) is -4.92. The molecule has 8 heteroatoms. The number of carbonyl (C=O) groups excluding carboxylic acids is 2. The molecule has 0 fully saturated rings. The zero-order chi connectivity index (χ0) is 38.9. The fourth-order valence-electron chi connectivity index (χ4n) is 8.13. The van der Waals surface area contributed by atoms with Gasteiger partial charge >= 0.3 is 0 Å². The van der Waals surface area contributed by atoms with Crippen LogP contribution in [0.15, 0.2) is 121 Å². The van der Waals surface area contributed by atoms with E-state index in [1.54, 1.807) is 0 Å². The minimum atomic E-state index is -2.47. The predicted octanol–water partition coefficient (Wildman–Crippen LogP) is 10.7. The van der Waals surface area contributed by atoms with Crippen LogP contribution in [0.25, 0.3) is 0 Å². The van der Waals surface area contributed by atoms with E-state index in [0.29, 0.717) is 18.8 Å². The summed E-state index contributed by atoms with van der Waals surface area (Å²) in [5, 5.41) is -0.215. The molecule has 4 aromatic rings. The minimum absolute atomic E-state index is 0.0799. The highest BCUT2D eigenvalue weighted by Crippen LogP contribution is 2.64. The van der Waals surface area contributed by atoms with Crippen LogP contribution in [-0.4, -0.2) is 34.6 Å². The summed E-state index contributed by atoms with van der Waals surface area (Å²) < 4.78 is 14.8. The third kappa shape index (κ3) is 5.92. The van der Waals surface area contributed by atoms with E-state index in [4.69, 9.17) is 8.85 Å². The molecular weight excluding hydrogens is 701 g/mol. The highest BCUT2D eigenvalue weighted by Gasteiger charge is 2.72. The van der Waals surface area contributed by atoms with Gasteiger partial charge in [0.05, 0.1) is 13.1 Å². The maximum Gasteiger partial charge on any atom is 0.250 e. The van der Waals surface area contributed by atoms with E-state index in [1.165, 1.54) is 0 Å². The number of fused-ring (bicyclic) bond motifs is 5. The topological polar surface area (TPSA) is 59.1 Å². The molecule has 1 aliphatic carbocycles. The largest absolute Gasteiger partial charge is 0.545 e. The van der Waals surface area contributed by atoms with Crippen LogP contribution in [0.5, 0.6) is 0 Å². The van der Waals surface area contributed by atoms with Crippen LogP contribution in [0.4, 0.5) is 11.4 Å². The standard InChI is InChI=1S/C46H56N2O4Si2/c1-43(2,3)53(7,8)51-39-29-45(35-25-17-19-27-37(35)47(41(45)49)31-33-21-13-11-14-22-33)46(30-40(39)52-54(9,10)44(4,5)6)36-26-18-20-28-38(36)48(42(46)50)32-34-23-15-12-16-24-34/h11-29,40H,30-32H2,1-10H3/t40?,45-,46+/m1/s1. The van der Waals surface area contributed by atoms with Crippen molar-refractivity contribution >= 4 is 39.8 Å². The van der Waals surface area contributed by atoms with E-state index in [-0.39, 0.29) is 28.3 Å². The molecule has 54 heavy (non-hydrogen) atoms. The van der Waals surface area contributed by atoms with Gasteiger partial charge < -0.3 is 18.7 Å².